The number of hydrogen-bond acceptors (Lipinski definition) is 5. The van der Waals surface area contributed by atoms with Crippen molar-refractivity contribution in [2.75, 3.05) is 6.61 Å². The first-order valence-electron chi connectivity index (χ1n) is 10.4. The molecule has 5 heteroatoms. The topological polar surface area (TPSA) is 61.6 Å². The standard InChI is InChI=1S/C26H29NO4/c1-19-23(27-25(30-19)21-12-6-5-7-13-21)16-17-29-22-14-8-10-20(18-22)11-9-15-24(28)31-26(2,3)4/h5-10,12-15,18H,11,16-17H2,1-4H3/b15-9+. The molecule has 0 saturated heterocycles. The summed E-state index contributed by atoms with van der Waals surface area (Å²) >= 11 is 0. The maximum absolute atomic E-state index is 11.8. The van der Waals surface area contributed by atoms with Crippen LogP contribution in [0.3, 0.4) is 0 Å². The molecule has 2 aromatic carbocycles. The monoisotopic (exact) mass is 419 g/mol. The molecular weight excluding hydrogens is 390 g/mol. The zero-order chi connectivity index (χ0) is 22.3. The molecule has 1 heterocycles. The molecule has 0 aliphatic carbocycles. The van der Waals surface area contributed by atoms with Crippen molar-refractivity contribution in [2.45, 2.75) is 46.1 Å². The normalized spacial score (nSPS) is 11.6. The first-order valence-corrected chi connectivity index (χ1v) is 10.4. The minimum atomic E-state index is -0.487. The van der Waals surface area contributed by atoms with Crippen LogP contribution in [0.1, 0.15) is 37.8 Å². The molecule has 0 fully saturated rings. The number of benzene rings is 2. The van der Waals surface area contributed by atoms with Crippen molar-refractivity contribution >= 4 is 5.97 Å². The van der Waals surface area contributed by atoms with Crippen LogP contribution in [-0.2, 0) is 22.4 Å². The van der Waals surface area contributed by atoms with Crippen molar-refractivity contribution in [1.29, 1.82) is 0 Å². The molecule has 0 aliphatic rings. The highest BCUT2D eigenvalue weighted by Gasteiger charge is 2.14. The van der Waals surface area contributed by atoms with Crippen LogP contribution in [0.4, 0.5) is 0 Å². The lowest BCUT2D eigenvalue weighted by Gasteiger charge is -2.17. The van der Waals surface area contributed by atoms with Gasteiger partial charge in [-0.15, -0.1) is 0 Å². The molecule has 0 unspecified atom stereocenters. The highest BCUT2D eigenvalue weighted by molar-refractivity contribution is 5.82. The van der Waals surface area contributed by atoms with E-state index in [1.807, 2.05) is 82.3 Å². The van der Waals surface area contributed by atoms with E-state index >= 15 is 0 Å². The Morgan fingerprint density at radius 3 is 2.61 bits per heavy atom. The average molecular weight is 420 g/mol. The Bertz CT molecular complexity index is 1030. The molecule has 162 valence electrons. The fraction of sp³-hybridized carbons (Fsp3) is 0.308. The first-order chi connectivity index (χ1) is 14.8. The van der Waals surface area contributed by atoms with Crippen LogP contribution >= 0.6 is 0 Å². The largest absolute Gasteiger partial charge is 0.493 e. The van der Waals surface area contributed by atoms with Gasteiger partial charge >= 0.3 is 5.97 Å². The van der Waals surface area contributed by atoms with Gasteiger partial charge in [0.25, 0.3) is 0 Å². The molecule has 0 saturated carbocycles. The summed E-state index contributed by atoms with van der Waals surface area (Å²) in [6.45, 7) is 7.97. The van der Waals surface area contributed by atoms with E-state index in [2.05, 4.69) is 4.98 Å². The fourth-order valence-electron chi connectivity index (χ4n) is 3.02. The van der Waals surface area contributed by atoms with Crippen molar-refractivity contribution in [3.8, 4) is 17.2 Å². The number of oxazole rings is 1. The Morgan fingerprint density at radius 2 is 1.87 bits per heavy atom. The van der Waals surface area contributed by atoms with Gasteiger partial charge in [0.1, 0.15) is 17.1 Å². The minimum absolute atomic E-state index is 0.335. The molecule has 0 N–H and O–H groups in total. The summed E-state index contributed by atoms with van der Waals surface area (Å²) in [5.74, 6) is 1.89. The van der Waals surface area contributed by atoms with E-state index in [4.69, 9.17) is 13.9 Å². The number of esters is 1. The molecular formula is C26H29NO4. The van der Waals surface area contributed by atoms with Gasteiger partial charge in [0.15, 0.2) is 0 Å². The van der Waals surface area contributed by atoms with Gasteiger partial charge in [-0.05, 0) is 63.9 Å². The lowest BCUT2D eigenvalue weighted by Crippen LogP contribution is -2.22. The van der Waals surface area contributed by atoms with Gasteiger partial charge in [-0.1, -0.05) is 36.4 Å². The molecule has 31 heavy (non-hydrogen) atoms. The maximum atomic E-state index is 11.8. The van der Waals surface area contributed by atoms with Crippen molar-refractivity contribution in [3.05, 3.63) is 83.8 Å². The van der Waals surface area contributed by atoms with Crippen LogP contribution in [-0.4, -0.2) is 23.2 Å². The lowest BCUT2D eigenvalue weighted by atomic mass is 10.1. The molecule has 3 aromatic rings. The van der Waals surface area contributed by atoms with Gasteiger partial charge in [0.2, 0.25) is 5.89 Å². The van der Waals surface area contributed by atoms with Crippen LogP contribution in [0.2, 0.25) is 0 Å². The zero-order valence-corrected chi connectivity index (χ0v) is 18.6. The highest BCUT2D eigenvalue weighted by Crippen LogP contribution is 2.22. The molecule has 0 bridgehead atoms. The summed E-state index contributed by atoms with van der Waals surface area (Å²) < 4.78 is 17.0. The van der Waals surface area contributed by atoms with Crippen LogP contribution in [0.25, 0.3) is 11.5 Å². The van der Waals surface area contributed by atoms with E-state index in [0.717, 1.165) is 28.3 Å². The zero-order valence-electron chi connectivity index (χ0n) is 18.6. The van der Waals surface area contributed by atoms with Crippen molar-refractivity contribution in [3.63, 3.8) is 0 Å². The maximum Gasteiger partial charge on any atom is 0.330 e. The summed E-state index contributed by atoms with van der Waals surface area (Å²) in [6, 6.07) is 17.7. The van der Waals surface area contributed by atoms with Crippen LogP contribution in [0, 0.1) is 6.92 Å². The van der Waals surface area contributed by atoms with E-state index in [-0.39, 0.29) is 5.97 Å². The summed E-state index contributed by atoms with van der Waals surface area (Å²) in [4.78, 5) is 16.4. The summed E-state index contributed by atoms with van der Waals surface area (Å²) in [5.41, 5.74) is 2.43. The van der Waals surface area contributed by atoms with E-state index in [0.29, 0.717) is 25.3 Å². The SMILES string of the molecule is Cc1oc(-c2ccccc2)nc1CCOc1cccc(C/C=C/C(=O)OC(C)(C)C)c1. The van der Waals surface area contributed by atoms with Crippen molar-refractivity contribution in [2.24, 2.45) is 0 Å². The van der Waals surface area contributed by atoms with Crippen LogP contribution in [0.15, 0.2) is 71.2 Å². The van der Waals surface area contributed by atoms with Gasteiger partial charge in [-0.2, -0.15) is 0 Å². The third-order valence-electron chi connectivity index (χ3n) is 4.43. The Kier molecular flexibility index (Phi) is 7.29. The molecule has 0 amide bonds. The van der Waals surface area contributed by atoms with Gasteiger partial charge in [-0.3, -0.25) is 0 Å². The van der Waals surface area contributed by atoms with E-state index in [1.54, 1.807) is 6.08 Å². The number of carbonyl (C=O) groups is 1. The molecule has 0 spiro atoms. The quantitative estimate of drug-likeness (QED) is 0.346. The molecule has 3 rings (SSSR count). The minimum Gasteiger partial charge on any atom is -0.493 e. The third kappa shape index (κ3) is 7.14. The number of ether oxygens (including phenoxy) is 2. The Morgan fingerprint density at radius 1 is 1.10 bits per heavy atom. The van der Waals surface area contributed by atoms with Crippen molar-refractivity contribution in [1.82, 2.24) is 4.98 Å². The summed E-state index contributed by atoms with van der Waals surface area (Å²) in [7, 11) is 0. The lowest BCUT2D eigenvalue weighted by molar-refractivity contribution is -0.148. The first kappa shape index (κ1) is 22.3. The average Bonchev–Trinajstić information content (AvgIpc) is 3.08. The van der Waals surface area contributed by atoms with Crippen LogP contribution < -0.4 is 4.74 Å². The molecule has 5 nitrogen and oxygen atoms in total. The van der Waals surface area contributed by atoms with Crippen LogP contribution in [0.5, 0.6) is 5.75 Å². The van der Waals surface area contributed by atoms with Crippen molar-refractivity contribution < 1.29 is 18.7 Å². The second kappa shape index (κ2) is 10.1. The number of nitrogens with zero attached hydrogens (tertiary/aromatic N) is 1. The van der Waals surface area contributed by atoms with Gasteiger partial charge in [0.05, 0.1) is 12.3 Å². The second-order valence-electron chi connectivity index (χ2n) is 8.27. The molecule has 0 atom stereocenters. The number of allylic oxidation sites excluding steroid dienone is 1. The predicted molar refractivity (Wildman–Crippen MR) is 121 cm³/mol. The smallest absolute Gasteiger partial charge is 0.330 e. The van der Waals surface area contributed by atoms with Gasteiger partial charge < -0.3 is 13.9 Å². The Hall–Kier alpha value is -3.34. The number of hydrogen-bond donors (Lipinski definition) is 0. The Labute approximate surface area is 183 Å². The number of rotatable bonds is 8. The molecule has 1 aromatic heterocycles. The predicted octanol–water partition coefficient (Wildman–Crippen LogP) is 5.71. The van der Waals surface area contributed by atoms with E-state index < -0.39 is 5.60 Å². The third-order valence-corrected chi connectivity index (χ3v) is 4.43. The van der Waals surface area contributed by atoms with Gasteiger partial charge in [-0.25, -0.2) is 9.78 Å². The molecule has 0 radical (unpaired) electrons. The number of aryl methyl sites for hydroxylation is 1. The Balaban J connectivity index is 1.52. The summed E-state index contributed by atoms with van der Waals surface area (Å²) in [5, 5.41) is 0. The second-order valence-corrected chi connectivity index (χ2v) is 8.27. The van der Waals surface area contributed by atoms with Gasteiger partial charge in [0, 0.05) is 18.1 Å². The fourth-order valence-corrected chi connectivity index (χ4v) is 3.02. The highest BCUT2D eigenvalue weighted by atomic mass is 16.6. The molecule has 0 aliphatic heterocycles. The summed E-state index contributed by atoms with van der Waals surface area (Å²) in [6.07, 6.45) is 4.55. The van der Waals surface area contributed by atoms with E-state index in [9.17, 15) is 4.79 Å². The van der Waals surface area contributed by atoms with E-state index in [1.165, 1.54) is 6.08 Å². The number of carbonyl (C=O) groups excluding carboxylic acids is 1. The number of aromatic nitrogens is 1.